The topological polar surface area (TPSA) is 123 Å². The van der Waals surface area contributed by atoms with Crippen LogP contribution < -0.4 is 16.4 Å². The highest BCUT2D eigenvalue weighted by Crippen LogP contribution is 2.49. The molecule has 0 aromatic carbocycles. The predicted octanol–water partition coefficient (Wildman–Crippen LogP) is 3.25. The Hall–Kier alpha value is -2.40. The van der Waals surface area contributed by atoms with Crippen LogP contribution in [0.4, 0.5) is 16.0 Å². The average molecular weight is 491 g/mol. The highest BCUT2D eigenvalue weighted by atomic mass is 35.5. The number of nitrogens with two attached hydrogens (primary N) is 1. The minimum atomic E-state index is -3.62. The highest BCUT2D eigenvalue weighted by Gasteiger charge is 2.60. The summed E-state index contributed by atoms with van der Waals surface area (Å²) in [6.45, 7) is 3.34. The van der Waals surface area contributed by atoms with Crippen LogP contribution in [0.5, 0.6) is 0 Å². The minimum Gasteiger partial charge on any atom is -0.323 e. The van der Waals surface area contributed by atoms with E-state index in [4.69, 9.17) is 17.3 Å². The van der Waals surface area contributed by atoms with Crippen LogP contribution >= 0.6 is 11.6 Å². The van der Waals surface area contributed by atoms with Crippen LogP contribution in [0.2, 0.25) is 5.02 Å². The fraction of sp³-hybridized carbons (Fsp3) is 0.409. The molecule has 1 saturated heterocycles. The molecule has 1 saturated carbocycles. The van der Waals surface area contributed by atoms with E-state index < -0.39 is 32.1 Å². The summed E-state index contributed by atoms with van der Waals surface area (Å²) in [6.07, 6.45) is 5.00. The Morgan fingerprint density at radius 3 is 2.67 bits per heavy atom. The van der Waals surface area contributed by atoms with E-state index >= 15 is 0 Å². The quantitative estimate of drug-likeness (QED) is 0.509. The molecule has 2 aliphatic rings. The molecule has 5 rings (SSSR count). The Kier molecular flexibility index (Phi) is 5.13. The zero-order chi connectivity index (χ0) is 23.6. The normalized spacial score (nSPS) is 29.2. The average Bonchev–Trinajstić information content (AvgIpc) is 3.58. The maximum Gasteiger partial charge on any atom is 0.160 e. The fourth-order valence-electron chi connectivity index (χ4n) is 4.75. The van der Waals surface area contributed by atoms with Crippen LogP contribution in [0.25, 0.3) is 10.9 Å². The lowest BCUT2D eigenvalue weighted by Gasteiger charge is -2.48. The van der Waals surface area contributed by atoms with Crippen molar-refractivity contribution in [1.29, 1.82) is 0 Å². The van der Waals surface area contributed by atoms with E-state index in [9.17, 15) is 12.8 Å². The maximum atomic E-state index is 15.0. The first-order valence-electron chi connectivity index (χ1n) is 10.6. The molecule has 3 aromatic rings. The zero-order valence-electron chi connectivity index (χ0n) is 18.1. The van der Waals surface area contributed by atoms with Crippen molar-refractivity contribution in [2.24, 2.45) is 11.7 Å². The van der Waals surface area contributed by atoms with Gasteiger partial charge in [-0.05, 0) is 50.8 Å². The lowest BCUT2D eigenvalue weighted by Crippen LogP contribution is -2.71. The number of sulfone groups is 1. The van der Waals surface area contributed by atoms with Gasteiger partial charge >= 0.3 is 0 Å². The van der Waals surface area contributed by atoms with E-state index in [1.54, 1.807) is 32.2 Å². The summed E-state index contributed by atoms with van der Waals surface area (Å²) in [7, 11) is -3.62. The van der Waals surface area contributed by atoms with Gasteiger partial charge in [-0.15, -0.1) is 0 Å². The fourth-order valence-corrected chi connectivity index (χ4v) is 7.42. The van der Waals surface area contributed by atoms with Gasteiger partial charge in [-0.1, -0.05) is 11.6 Å². The first-order valence-corrected chi connectivity index (χ1v) is 12.7. The molecule has 1 unspecified atom stereocenters. The molecule has 2 fully saturated rings. The third-order valence-electron chi connectivity index (χ3n) is 6.89. The zero-order valence-corrected chi connectivity index (χ0v) is 19.7. The molecule has 33 heavy (non-hydrogen) atoms. The van der Waals surface area contributed by atoms with Crippen molar-refractivity contribution in [3.8, 4) is 0 Å². The summed E-state index contributed by atoms with van der Waals surface area (Å²) in [5.74, 6) is -0.154. The van der Waals surface area contributed by atoms with Gasteiger partial charge < -0.3 is 11.1 Å². The summed E-state index contributed by atoms with van der Waals surface area (Å²) in [5, 5.41) is 7.54. The summed E-state index contributed by atoms with van der Waals surface area (Å²) < 4.78 is 40.6. The summed E-state index contributed by atoms with van der Waals surface area (Å²) in [5.41, 5.74) is 5.86. The smallest absolute Gasteiger partial charge is 0.160 e. The molecular formula is C22H24ClFN6O2S. The number of pyridine rings is 3. The van der Waals surface area contributed by atoms with Crippen molar-refractivity contribution < 1.29 is 12.8 Å². The molecular weight excluding hydrogens is 467 g/mol. The molecule has 1 aliphatic heterocycles. The standard InChI is InChI=1S/C22H24ClFN6O2S/c1-21(11-33(31,32)22(2,13-3-4-13)20(25)30-21)15-8-17(27-10-16(15)24)29-19-18-12(5-6-26-19)7-14(23)9-28-18/h5-10,13,20,30H,3-4,11,25H2,1-2H3,(H,26,27,29)/t20?,21-,22-/m0/s1. The van der Waals surface area contributed by atoms with Crippen molar-refractivity contribution in [2.75, 3.05) is 11.1 Å². The van der Waals surface area contributed by atoms with E-state index in [1.807, 2.05) is 0 Å². The van der Waals surface area contributed by atoms with Crippen LogP contribution in [0.1, 0.15) is 32.3 Å². The Bertz CT molecular complexity index is 1370. The molecule has 8 nitrogen and oxygen atoms in total. The molecule has 0 bridgehead atoms. The van der Waals surface area contributed by atoms with Crippen molar-refractivity contribution >= 4 is 44.0 Å². The van der Waals surface area contributed by atoms with Gasteiger partial charge in [-0.25, -0.2) is 22.8 Å². The van der Waals surface area contributed by atoms with Crippen LogP contribution in [-0.4, -0.2) is 40.0 Å². The van der Waals surface area contributed by atoms with Gasteiger partial charge in [0.25, 0.3) is 0 Å². The van der Waals surface area contributed by atoms with Gasteiger partial charge in [-0.3, -0.25) is 10.3 Å². The lowest BCUT2D eigenvalue weighted by molar-refractivity contribution is 0.249. The summed E-state index contributed by atoms with van der Waals surface area (Å²) >= 11 is 6.03. The number of rotatable bonds is 4. The van der Waals surface area contributed by atoms with Crippen molar-refractivity contribution in [3.05, 3.63) is 53.2 Å². The Labute approximate surface area is 196 Å². The van der Waals surface area contributed by atoms with Gasteiger partial charge in [0.15, 0.2) is 15.7 Å². The molecule has 0 radical (unpaired) electrons. The SMILES string of the molecule is C[C@]1(C2CC2)C(N)N[C@](C)(c2cc(Nc3nccc4cc(Cl)cnc34)ncc2F)CS1(=O)=O. The number of nitrogens with one attached hydrogen (secondary N) is 2. The largest absolute Gasteiger partial charge is 0.323 e. The molecule has 4 heterocycles. The first-order chi connectivity index (χ1) is 15.5. The number of aromatic nitrogens is 3. The Morgan fingerprint density at radius 1 is 1.21 bits per heavy atom. The summed E-state index contributed by atoms with van der Waals surface area (Å²) in [4.78, 5) is 12.8. The Morgan fingerprint density at radius 2 is 1.97 bits per heavy atom. The molecule has 3 atom stereocenters. The van der Waals surface area contributed by atoms with Gasteiger partial charge in [-0.2, -0.15) is 0 Å². The van der Waals surface area contributed by atoms with E-state index in [0.29, 0.717) is 22.2 Å². The van der Waals surface area contributed by atoms with Crippen molar-refractivity contribution in [3.63, 3.8) is 0 Å². The van der Waals surface area contributed by atoms with Crippen LogP contribution in [-0.2, 0) is 15.4 Å². The predicted molar refractivity (Wildman–Crippen MR) is 125 cm³/mol. The van der Waals surface area contributed by atoms with Gasteiger partial charge in [0.05, 0.1) is 28.7 Å². The Balaban J connectivity index is 1.51. The maximum absolute atomic E-state index is 15.0. The molecule has 0 spiro atoms. The molecule has 174 valence electrons. The van der Waals surface area contributed by atoms with E-state index in [1.165, 1.54) is 12.3 Å². The van der Waals surface area contributed by atoms with Crippen molar-refractivity contribution in [2.45, 2.75) is 43.1 Å². The summed E-state index contributed by atoms with van der Waals surface area (Å²) in [6, 6.07) is 5.02. The molecule has 1 aliphatic carbocycles. The highest BCUT2D eigenvalue weighted by molar-refractivity contribution is 7.93. The van der Waals surface area contributed by atoms with E-state index in [-0.39, 0.29) is 17.2 Å². The van der Waals surface area contributed by atoms with Gasteiger partial charge in [0.1, 0.15) is 21.9 Å². The number of hydrogen-bond acceptors (Lipinski definition) is 8. The van der Waals surface area contributed by atoms with Crippen LogP contribution in [0, 0.1) is 11.7 Å². The number of hydrogen-bond donors (Lipinski definition) is 3. The number of halogens is 2. The second-order valence-electron chi connectivity index (χ2n) is 9.23. The van der Waals surface area contributed by atoms with Crippen LogP contribution in [0.15, 0.2) is 36.8 Å². The monoisotopic (exact) mass is 490 g/mol. The number of nitrogens with zero attached hydrogens (tertiary/aromatic N) is 3. The van der Waals surface area contributed by atoms with Gasteiger partial charge in [0, 0.05) is 23.3 Å². The van der Waals surface area contributed by atoms with E-state index in [0.717, 1.165) is 24.4 Å². The van der Waals surface area contributed by atoms with Crippen LogP contribution in [0.3, 0.4) is 0 Å². The second-order valence-corrected chi connectivity index (χ2v) is 12.1. The third-order valence-corrected chi connectivity index (χ3v) is 9.98. The molecule has 11 heteroatoms. The molecule has 4 N–H and O–H groups in total. The lowest BCUT2D eigenvalue weighted by atomic mass is 9.90. The second kappa shape index (κ2) is 7.56. The number of anilines is 2. The third kappa shape index (κ3) is 3.65. The van der Waals surface area contributed by atoms with Gasteiger partial charge in [0.2, 0.25) is 0 Å². The number of fused-ring (bicyclic) bond motifs is 1. The van der Waals surface area contributed by atoms with Crippen molar-refractivity contribution in [1.82, 2.24) is 20.3 Å². The first kappa shape index (κ1) is 22.4. The minimum absolute atomic E-state index is 0.0208. The van der Waals surface area contributed by atoms with E-state index in [2.05, 4.69) is 25.6 Å². The molecule has 3 aromatic heterocycles. The molecule has 0 amide bonds.